The smallest absolute Gasteiger partial charge is 0.408 e. The van der Waals surface area contributed by atoms with Crippen LogP contribution in [-0.4, -0.2) is 46.9 Å². The molecule has 1 saturated heterocycles. The minimum Gasteiger partial charge on any atom is -0.408 e. The molecule has 0 spiro atoms. The highest BCUT2D eigenvalue weighted by Gasteiger charge is 2.32. The second-order valence-corrected chi connectivity index (χ2v) is 9.57. The van der Waals surface area contributed by atoms with Gasteiger partial charge in [0.15, 0.2) is 0 Å². The summed E-state index contributed by atoms with van der Waals surface area (Å²) in [5.41, 5.74) is -0.343. The van der Waals surface area contributed by atoms with Gasteiger partial charge < -0.3 is 20.2 Å². The van der Waals surface area contributed by atoms with Gasteiger partial charge in [0.25, 0.3) is 5.91 Å². The van der Waals surface area contributed by atoms with E-state index in [4.69, 9.17) is 21.5 Å². The highest BCUT2D eigenvalue weighted by Crippen LogP contribution is 2.35. The summed E-state index contributed by atoms with van der Waals surface area (Å²) in [4.78, 5) is 33.3. The number of aliphatic hydroxyl groups excluding tert-OH is 1. The number of halogens is 5. The van der Waals surface area contributed by atoms with Crippen molar-refractivity contribution in [2.24, 2.45) is 0 Å². The van der Waals surface area contributed by atoms with Crippen LogP contribution in [0.25, 0.3) is 0 Å². The molecular weight excluding hydrogens is 542 g/mol. The van der Waals surface area contributed by atoms with E-state index >= 15 is 0 Å². The molecule has 0 radical (unpaired) electrons. The number of alkyl halides is 3. The van der Waals surface area contributed by atoms with E-state index in [1.54, 1.807) is 17.0 Å². The SMILES string of the molecule is Cc1cc(C(F)(F)F)ccc1Nc1c(C(=O)N2CCC(c3ccc(F)cc3)CC2)cn(OCCO)c(=O)c1Cl. The normalized spacial score (nSPS) is 14.4. The highest BCUT2D eigenvalue weighted by atomic mass is 35.5. The van der Waals surface area contributed by atoms with Crippen LogP contribution in [0, 0.1) is 12.7 Å². The Morgan fingerprint density at radius 2 is 1.82 bits per heavy atom. The maximum absolute atomic E-state index is 13.7. The summed E-state index contributed by atoms with van der Waals surface area (Å²) in [5.74, 6) is -0.666. The van der Waals surface area contributed by atoms with E-state index in [1.807, 2.05) is 0 Å². The van der Waals surface area contributed by atoms with Crippen molar-refractivity contribution in [1.29, 1.82) is 0 Å². The van der Waals surface area contributed by atoms with Crippen molar-refractivity contribution in [3.05, 3.63) is 92.1 Å². The number of amides is 1. The van der Waals surface area contributed by atoms with Crippen LogP contribution in [0.4, 0.5) is 28.9 Å². The first-order valence-corrected chi connectivity index (χ1v) is 12.6. The number of aliphatic hydroxyl groups is 1. The molecule has 39 heavy (non-hydrogen) atoms. The quantitative estimate of drug-likeness (QED) is 0.386. The van der Waals surface area contributed by atoms with Gasteiger partial charge in [-0.1, -0.05) is 23.7 Å². The second kappa shape index (κ2) is 11.7. The first-order valence-electron chi connectivity index (χ1n) is 12.2. The number of nitrogens with zero attached hydrogens (tertiary/aromatic N) is 2. The van der Waals surface area contributed by atoms with Gasteiger partial charge in [-0.3, -0.25) is 9.59 Å². The number of aromatic nitrogens is 1. The molecule has 4 rings (SSSR count). The summed E-state index contributed by atoms with van der Waals surface area (Å²) in [6.07, 6.45) is -2.15. The molecule has 2 aromatic carbocycles. The number of carbonyl (C=O) groups is 1. The Morgan fingerprint density at radius 1 is 1.15 bits per heavy atom. The molecule has 1 aliphatic rings. The number of hydrogen-bond acceptors (Lipinski definition) is 5. The van der Waals surface area contributed by atoms with Gasteiger partial charge in [0.05, 0.1) is 29.6 Å². The van der Waals surface area contributed by atoms with E-state index in [0.717, 1.165) is 28.6 Å². The molecule has 0 atom stereocenters. The predicted octanol–water partition coefficient (Wildman–Crippen LogP) is 5.15. The van der Waals surface area contributed by atoms with Crippen molar-refractivity contribution in [3.8, 4) is 0 Å². The lowest BCUT2D eigenvalue weighted by Crippen LogP contribution is -2.39. The monoisotopic (exact) mass is 567 g/mol. The van der Waals surface area contributed by atoms with E-state index < -0.39 is 34.8 Å². The molecule has 1 aliphatic heterocycles. The molecule has 12 heteroatoms. The van der Waals surface area contributed by atoms with Crippen LogP contribution in [0.15, 0.2) is 53.5 Å². The van der Waals surface area contributed by atoms with Crippen molar-refractivity contribution >= 4 is 28.9 Å². The number of pyridine rings is 1. The Hall–Kier alpha value is -3.57. The number of piperidine rings is 1. The lowest BCUT2D eigenvalue weighted by Gasteiger charge is -2.33. The number of rotatable bonds is 7. The number of benzene rings is 2. The van der Waals surface area contributed by atoms with Crippen LogP contribution in [-0.2, 0) is 6.18 Å². The van der Waals surface area contributed by atoms with Crippen LogP contribution < -0.4 is 15.7 Å². The minimum absolute atomic E-state index is 0.0305. The summed E-state index contributed by atoms with van der Waals surface area (Å²) < 4.78 is 53.5. The summed E-state index contributed by atoms with van der Waals surface area (Å²) >= 11 is 6.37. The van der Waals surface area contributed by atoms with Gasteiger partial charge in [-0.25, -0.2) is 4.39 Å². The van der Waals surface area contributed by atoms with Gasteiger partial charge in [0.1, 0.15) is 17.4 Å². The number of aryl methyl sites for hydroxylation is 1. The Morgan fingerprint density at radius 3 is 2.41 bits per heavy atom. The van der Waals surface area contributed by atoms with Crippen LogP contribution in [0.1, 0.15) is 45.8 Å². The maximum atomic E-state index is 13.7. The fourth-order valence-electron chi connectivity index (χ4n) is 4.52. The topological polar surface area (TPSA) is 83.8 Å². The molecule has 3 aromatic rings. The Balaban J connectivity index is 1.65. The van der Waals surface area contributed by atoms with E-state index in [9.17, 15) is 27.2 Å². The first-order chi connectivity index (χ1) is 18.5. The molecule has 0 saturated carbocycles. The Bertz CT molecular complexity index is 1400. The third-order valence-corrected chi connectivity index (χ3v) is 6.96. The number of hydrogen-bond donors (Lipinski definition) is 2. The van der Waals surface area contributed by atoms with Crippen LogP contribution in [0.3, 0.4) is 0 Å². The van der Waals surface area contributed by atoms with Gasteiger partial charge in [0, 0.05) is 18.8 Å². The maximum Gasteiger partial charge on any atom is 0.416 e. The summed E-state index contributed by atoms with van der Waals surface area (Å²) in [7, 11) is 0. The highest BCUT2D eigenvalue weighted by molar-refractivity contribution is 6.34. The summed E-state index contributed by atoms with van der Waals surface area (Å²) in [6.45, 7) is 1.56. The molecule has 1 fully saturated rings. The Labute approximate surface area is 226 Å². The largest absolute Gasteiger partial charge is 0.416 e. The zero-order chi connectivity index (χ0) is 28.3. The van der Waals surface area contributed by atoms with Crippen molar-refractivity contribution in [2.45, 2.75) is 31.9 Å². The standard InChI is InChI=1S/C27H26ClF4N3O4/c1-16-14-19(27(30,31)32)4-7-22(16)33-24-21(15-35(39-13-12-36)26(38)23(24)28)25(37)34-10-8-18(9-11-34)17-2-5-20(29)6-3-17/h2-7,14-15,18,33,36H,8-13H2,1H3. The van der Waals surface area contributed by atoms with E-state index in [0.29, 0.717) is 25.9 Å². The third-order valence-electron chi connectivity index (χ3n) is 6.61. The molecule has 7 nitrogen and oxygen atoms in total. The molecule has 1 aromatic heterocycles. The molecule has 2 N–H and O–H groups in total. The number of nitrogens with one attached hydrogen (secondary N) is 1. The average Bonchev–Trinajstić information content (AvgIpc) is 2.91. The van der Waals surface area contributed by atoms with Crippen molar-refractivity contribution in [2.75, 3.05) is 31.6 Å². The van der Waals surface area contributed by atoms with Crippen LogP contribution >= 0.6 is 11.6 Å². The zero-order valence-corrected chi connectivity index (χ0v) is 21.7. The van der Waals surface area contributed by atoms with Gasteiger partial charge in [-0.05, 0) is 67.1 Å². The third kappa shape index (κ3) is 6.36. The molecule has 0 bridgehead atoms. The van der Waals surface area contributed by atoms with Crippen molar-refractivity contribution < 1.29 is 32.3 Å². The fourth-order valence-corrected chi connectivity index (χ4v) is 4.75. The summed E-state index contributed by atoms with van der Waals surface area (Å²) in [6, 6.07) is 9.27. The van der Waals surface area contributed by atoms with Gasteiger partial charge in [0.2, 0.25) is 0 Å². The van der Waals surface area contributed by atoms with Gasteiger partial charge >= 0.3 is 11.7 Å². The molecule has 0 unspecified atom stereocenters. The molecular formula is C27H26ClF4N3O4. The van der Waals surface area contributed by atoms with Crippen molar-refractivity contribution in [1.82, 2.24) is 9.63 Å². The number of likely N-dealkylation sites (tertiary alicyclic amines) is 1. The number of carbonyl (C=O) groups excluding carboxylic acids is 1. The number of anilines is 2. The van der Waals surface area contributed by atoms with Crippen LogP contribution in [0.2, 0.25) is 5.02 Å². The van der Waals surface area contributed by atoms with Gasteiger partial charge in [-0.15, -0.1) is 0 Å². The second-order valence-electron chi connectivity index (χ2n) is 9.19. The predicted molar refractivity (Wildman–Crippen MR) is 138 cm³/mol. The molecule has 2 heterocycles. The van der Waals surface area contributed by atoms with Gasteiger partial charge in [-0.2, -0.15) is 17.9 Å². The first kappa shape index (κ1) is 28.4. The lowest BCUT2D eigenvalue weighted by atomic mass is 9.89. The Kier molecular flexibility index (Phi) is 8.51. The van der Waals surface area contributed by atoms with E-state index in [-0.39, 0.29) is 40.8 Å². The lowest BCUT2D eigenvalue weighted by molar-refractivity contribution is -0.137. The molecule has 208 valence electrons. The van der Waals surface area contributed by atoms with E-state index in [2.05, 4.69) is 5.32 Å². The molecule has 0 aliphatic carbocycles. The fraction of sp³-hybridized carbons (Fsp3) is 0.333. The minimum atomic E-state index is -4.54. The zero-order valence-electron chi connectivity index (χ0n) is 20.9. The summed E-state index contributed by atoms with van der Waals surface area (Å²) in [5, 5.41) is 11.6. The van der Waals surface area contributed by atoms with Crippen molar-refractivity contribution in [3.63, 3.8) is 0 Å². The van der Waals surface area contributed by atoms with Crippen LogP contribution in [0.5, 0.6) is 0 Å². The van der Waals surface area contributed by atoms with E-state index in [1.165, 1.54) is 25.1 Å². The average molecular weight is 568 g/mol. The molecule has 1 amide bonds.